The zero-order chi connectivity index (χ0) is 17.6. The van der Waals surface area contributed by atoms with Gasteiger partial charge in [-0.25, -0.2) is 4.98 Å². The number of piperidine rings is 1. The molecule has 1 amide bonds. The number of hydrogen-bond donors (Lipinski definition) is 2. The molecule has 2 aliphatic heterocycles. The van der Waals surface area contributed by atoms with E-state index in [4.69, 9.17) is 0 Å². The van der Waals surface area contributed by atoms with Gasteiger partial charge in [-0.3, -0.25) is 14.5 Å². The van der Waals surface area contributed by atoms with Crippen LogP contribution in [0.5, 0.6) is 0 Å². The summed E-state index contributed by atoms with van der Waals surface area (Å²) in [5.41, 5.74) is 1.35. The first-order valence-electron chi connectivity index (χ1n) is 8.64. The van der Waals surface area contributed by atoms with Gasteiger partial charge in [0.1, 0.15) is 5.65 Å². The molecule has 0 bridgehead atoms. The van der Waals surface area contributed by atoms with Gasteiger partial charge in [-0.15, -0.1) is 0 Å². The number of nitrogens with zero attached hydrogens (tertiary/aromatic N) is 3. The van der Waals surface area contributed by atoms with Crippen molar-refractivity contribution in [3.8, 4) is 0 Å². The fourth-order valence-electron chi connectivity index (χ4n) is 4.37. The number of nitrogens with one attached hydrogen (secondary N) is 1. The Hall–Kier alpha value is -2.41. The van der Waals surface area contributed by atoms with Crippen LogP contribution >= 0.6 is 0 Å². The van der Waals surface area contributed by atoms with Gasteiger partial charge in [0, 0.05) is 44.7 Å². The number of rotatable bonds is 3. The van der Waals surface area contributed by atoms with E-state index in [1.54, 1.807) is 11.9 Å². The van der Waals surface area contributed by atoms with Gasteiger partial charge in [0.25, 0.3) is 0 Å². The van der Waals surface area contributed by atoms with Gasteiger partial charge in [-0.05, 0) is 31.0 Å². The van der Waals surface area contributed by atoms with E-state index in [1.165, 1.54) is 0 Å². The van der Waals surface area contributed by atoms with E-state index in [1.807, 2.05) is 18.3 Å². The topological polar surface area (TPSA) is 89.5 Å². The monoisotopic (exact) mass is 342 g/mol. The Morgan fingerprint density at radius 1 is 1.36 bits per heavy atom. The number of carboxylic acids is 1. The molecule has 25 heavy (non-hydrogen) atoms. The number of aromatic amines is 1. The Morgan fingerprint density at radius 3 is 2.84 bits per heavy atom. The molecule has 4 rings (SSSR count). The molecule has 7 heteroatoms. The number of likely N-dealkylation sites (tertiary alicyclic amines) is 2. The summed E-state index contributed by atoms with van der Waals surface area (Å²) in [6.45, 7) is 2.28. The molecule has 2 aromatic rings. The number of hydrogen-bond acceptors (Lipinski definition) is 4. The van der Waals surface area contributed by atoms with Gasteiger partial charge in [0.05, 0.1) is 17.2 Å². The first kappa shape index (κ1) is 16.1. The van der Waals surface area contributed by atoms with Gasteiger partial charge in [0.15, 0.2) is 0 Å². The quantitative estimate of drug-likeness (QED) is 0.881. The average Bonchev–Trinajstić information content (AvgIpc) is 3.15. The third-order valence-electron chi connectivity index (χ3n) is 5.94. The van der Waals surface area contributed by atoms with Gasteiger partial charge >= 0.3 is 5.97 Å². The summed E-state index contributed by atoms with van der Waals surface area (Å²) in [6, 6.07) is 6.09. The van der Waals surface area contributed by atoms with Crippen molar-refractivity contribution in [2.24, 2.45) is 5.92 Å². The van der Waals surface area contributed by atoms with Crippen molar-refractivity contribution in [2.75, 3.05) is 20.1 Å². The van der Waals surface area contributed by atoms with E-state index in [-0.39, 0.29) is 12.3 Å². The van der Waals surface area contributed by atoms with E-state index >= 15 is 0 Å². The zero-order valence-electron chi connectivity index (χ0n) is 14.2. The van der Waals surface area contributed by atoms with Gasteiger partial charge in [-0.2, -0.15) is 0 Å². The minimum Gasteiger partial charge on any atom is -0.481 e. The highest BCUT2D eigenvalue weighted by atomic mass is 16.4. The summed E-state index contributed by atoms with van der Waals surface area (Å²) in [5, 5.41) is 10.6. The molecule has 132 valence electrons. The molecule has 2 saturated heterocycles. The van der Waals surface area contributed by atoms with E-state index in [0.29, 0.717) is 12.8 Å². The smallest absolute Gasteiger partial charge is 0.309 e. The SMILES string of the molecule is CN1C(=O)C[C@@H](C(=O)O)C12CCN(Cc1ccc3cc[nH]c3n1)CC2. The molecule has 0 aliphatic carbocycles. The Labute approximate surface area is 145 Å². The van der Waals surface area contributed by atoms with Crippen LogP contribution in [0.25, 0.3) is 11.0 Å². The number of aliphatic carboxylic acids is 1. The molecule has 4 heterocycles. The molecule has 0 aromatic carbocycles. The zero-order valence-corrected chi connectivity index (χ0v) is 14.2. The molecular formula is C18H22N4O3. The molecule has 1 atom stereocenters. The number of fused-ring (bicyclic) bond motifs is 1. The minimum atomic E-state index is -0.856. The fourth-order valence-corrected chi connectivity index (χ4v) is 4.37. The number of H-pyrrole nitrogens is 1. The van der Waals surface area contributed by atoms with Crippen LogP contribution in [0.15, 0.2) is 24.4 Å². The lowest BCUT2D eigenvalue weighted by Gasteiger charge is -2.45. The largest absolute Gasteiger partial charge is 0.481 e. The first-order valence-corrected chi connectivity index (χ1v) is 8.64. The molecule has 2 fully saturated rings. The van der Waals surface area contributed by atoms with E-state index < -0.39 is 17.4 Å². The first-order chi connectivity index (χ1) is 12.0. The number of pyridine rings is 1. The molecule has 0 saturated carbocycles. The molecule has 7 nitrogen and oxygen atoms in total. The molecular weight excluding hydrogens is 320 g/mol. The van der Waals surface area contributed by atoms with Crippen molar-refractivity contribution < 1.29 is 14.7 Å². The van der Waals surface area contributed by atoms with Crippen LogP contribution in [-0.2, 0) is 16.1 Å². The molecule has 1 spiro atoms. The Bertz CT molecular complexity index is 823. The van der Waals surface area contributed by atoms with Gasteiger partial charge in [0.2, 0.25) is 5.91 Å². The van der Waals surface area contributed by atoms with E-state index in [0.717, 1.165) is 36.4 Å². The third kappa shape index (κ3) is 2.59. The molecule has 2 aromatic heterocycles. The highest BCUT2D eigenvalue weighted by Gasteiger charge is 2.55. The number of amides is 1. The summed E-state index contributed by atoms with van der Waals surface area (Å²) >= 11 is 0. The lowest BCUT2D eigenvalue weighted by molar-refractivity contribution is -0.146. The van der Waals surface area contributed by atoms with Crippen molar-refractivity contribution in [3.63, 3.8) is 0 Å². The third-order valence-corrected chi connectivity index (χ3v) is 5.94. The van der Waals surface area contributed by atoms with Crippen LogP contribution in [-0.4, -0.2) is 62.4 Å². The Balaban J connectivity index is 1.47. The van der Waals surface area contributed by atoms with Crippen LogP contribution in [0.2, 0.25) is 0 Å². The van der Waals surface area contributed by atoms with Crippen LogP contribution in [0.4, 0.5) is 0 Å². The number of aromatic nitrogens is 2. The van der Waals surface area contributed by atoms with Crippen molar-refractivity contribution in [1.29, 1.82) is 0 Å². The number of carboxylic acid groups (broad SMARTS) is 1. The Morgan fingerprint density at radius 2 is 2.12 bits per heavy atom. The second-order valence-corrected chi connectivity index (χ2v) is 7.15. The fraction of sp³-hybridized carbons (Fsp3) is 0.500. The van der Waals surface area contributed by atoms with Crippen LogP contribution in [0, 0.1) is 5.92 Å². The molecule has 2 N–H and O–H groups in total. The van der Waals surface area contributed by atoms with Crippen molar-refractivity contribution in [2.45, 2.75) is 31.3 Å². The molecule has 0 unspecified atom stereocenters. The Kier molecular flexibility index (Phi) is 3.76. The second-order valence-electron chi connectivity index (χ2n) is 7.15. The average molecular weight is 342 g/mol. The maximum absolute atomic E-state index is 12.1. The van der Waals surface area contributed by atoms with Gasteiger partial charge in [-0.1, -0.05) is 0 Å². The maximum atomic E-state index is 12.1. The number of carbonyl (C=O) groups is 2. The van der Waals surface area contributed by atoms with Crippen LogP contribution in [0.3, 0.4) is 0 Å². The predicted molar refractivity (Wildman–Crippen MR) is 91.8 cm³/mol. The second kappa shape index (κ2) is 5.84. The summed E-state index contributed by atoms with van der Waals surface area (Å²) in [7, 11) is 1.75. The van der Waals surface area contributed by atoms with Gasteiger partial charge < -0.3 is 15.0 Å². The van der Waals surface area contributed by atoms with Crippen molar-refractivity contribution in [3.05, 3.63) is 30.1 Å². The normalized spacial score (nSPS) is 23.6. The van der Waals surface area contributed by atoms with E-state index in [2.05, 4.69) is 20.9 Å². The highest BCUT2D eigenvalue weighted by molar-refractivity contribution is 5.88. The minimum absolute atomic E-state index is 0.0558. The lowest BCUT2D eigenvalue weighted by Crippen LogP contribution is -2.55. The summed E-state index contributed by atoms with van der Waals surface area (Å²) in [4.78, 5) is 35.4. The lowest BCUT2D eigenvalue weighted by atomic mass is 9.77. The van der Waals surface area contributed by atoms with Crippen LogP contribution in [0.1, 0.15) is 25.0 Å². The summed E-state index contributed by atoms with van der Waals surface area (Å²) < 4.78 is 0. The highest BCUT2D eigenvalue weighted by Crippen LogP contribution is 2.42. The van der Waals surface area contributed by atoms with Crippen molar-refractivity contribution >= 4 is 22.9 Å². The van der Waals surface area contributed by atoms with Crippen molar-refractivity contribution in [1.82, 2.24) is 19.8 Å². The predicted octanol–water partition coefficient (Wildman–Crippen LogP) is 1.46. The standard InChI is InChI=1S/C18H22N4O3/c1-21-15(23)10-14(17(24)25)18(21)5-8-22(9-6-18)11-13-3-2-12-4-7-19-16(12)20-13/h2-4,7,14H,5-6,8-11H2,1H3,(H,19,20)(H,24,25)/t14-/m0/s1. The van der Waals surface area contributed by atoms with Crippen LogP contribution < -0.4 is 0 Å². The molecule has 2 aliphatic rings. The maximum Gasteiger partial charge on any atom is 0.309 e. The summed E-state index contributed by atoms with van der Waals surface area (Å²) in [6.07, 6.45) is 3.38. The number of carbonyl (C=O) groups excluding carboxylic acids is 1. The van der Waals surface area contributed by atoms with E-state index in [9.17, 15) is 14.7 Å². The summed E-state index contributed by atoms with van der Waals surface area (Å²) in [5.74, 6) is -1.51. The molecule has 0 radical (unpaired) electrons.